The molecule has 21 heavy (non-hydrogen) atoms. The van der Waals surface area contributed by atoms with Gasteiger partial charge >= 0.3 is 0 Å². The SMILES string of the molecule is Cc1cc(N)ccc1NCCc1c[nH]c2c(I)cccc12. The maximum Gasteiger partial charge on any atom is 0.0592 e. The van der Waals surface area contributed by atoms with Gasteiger partial charge in [-0.3, -0.25) is 0 Å². The van der Waals surface area contributed by atoms with Crippen molar-refractivity contribution in [2.24, 2.45) is 0 Å². The molecule has 0 unspecified atom stereocenters. The van der Waals surface area contributed by atoms with Crippen molar-refractivity contribution < 1.29 is 0 Å². The first kappa shape index (κ1) is 14.3. The van der Waals surface area contributed by atoms with Gasteiger partial charge < -0.3 is 16.0 Å². The molecule has 3 nitrogen and oxygen atoms in total. The van der Waals surface area contributed by atoms with Crippen molar-refractivity contribution in [3.8, 4) is 0 Å². The van der Waals surface area contributed by atoms with Crippen LogP contribution in [0.15, 0.2) is 42.6 Å². The fourth-order valence-electron chi connectivity index (χ4n) is 2.60. The largest absolute Gasteiger partial charge is 0.399 e. The molecule has 0 amide bonds. The number of aromatic amines is 1. The Hall–Kier alpha value is -1.69. The van der Waals surface area contributed by atoms with E-state index < -0.39 is 0 Å². The molecule has 2 aromatic carbocycles. The van der Waals surface area contributed by atoms with Crippen LogP contribution in [0, 0.1) is 10.5 Å². The number of aromatic nitrogens is 1. The number of benzene rings is 2. The van der Waals surface area contributed by atoms with Crippen LogP contribution >= 0.6 is 22.6 Å². The van der Waals surface area contributed by atoms with E-state index >= 15 is 0 Å². The molecule has 4 N–H and O–H groups in total. The summed E-state index contributed by atoms with van der Waals surface area (Å²) in [5.41, 5.74) is 11.5. The summed E-state index contributed by atoms with van der Waals surface area (Å²) in [5.74, 6) is 0. The molecule has 0 saturated carbocycles. The van der Waals surface area contributed by atoms with E-state index in [0.717, 1.165) is 24.3 Å². The quantitative estimate of drug-likeness (QED) is 0.459. The Kier molecular flexibility index (Phi) is 4.05. The van der Waals surface area contributed by atoms with Gasteiger partial charge in [0, 0.05) is 33.1 Å². The first-order valence-corrected chi connectivity index (χ1v) is 8.07. The van der Waals surface area contributed by atoms with Crippen LogP contribution < -0.4 is 11.1 Å². The van der Waals surface area contributed by atoms with Gasteiger partial charge in [-0.25, -0.2) is 0 Å². The lowest BCUT2D eigenvalue weighted by molar-refractivity contribution is 1.03. The summed E-state index contributed by atoms with van der Waals surface area (Å²) in [4.78, 5) is 3.37. The number of H-pyrrole nitrogens is 1. The highest BCUT2D eigenvalue weighted by Crippen LogP contribution is 2.23. The van der Waals surface area contributed by atoms with Gasteiger partial charge in [-0.05, 0) is 71.3 Å². The van der Waals surface area contributed by atoms with Gasteiger partial charge in [0.25, 0.3) is 0 Å². The monoisotopic (exact) mass is 391 g/mol. The Morgan fingerprint density at radius 3 is 2.90 bits per heavy atom. The number of rotatable bonds is 4. The predicted molar refractivity (Wildman–Crippen MR) is 98.8 cm³/mol. The van der Waals surface area contributed by atoms with Crippen molar-refractivity contribution >= 4 is 44.9 Å². The van der Waals surface area contributed by atoms with Crippen LogP contribution in [0.1, 0.15) is 11.1 Å². The maximum absolute atomic E-state index is 5.78. The zero-order chi connectivity index (χ0) is 14.8. The second-order valence-electron chi connectivity index (χ2n) is 5.23. The topological polar surface area (TPSA) is 53.8 Å². The predicted octanol–water partition coefficient (Wildman–Crippen LogP) is 4.32. The van der Waals surface area contributed by atoms with E-state index in [2.05, 4.69) is 64.2 Å². The average molecular weight is 391 g/mol. The number of fused-ring (bicyclic) bond motifs is 1. The van der Waals surface area contributed by atoms with E-state index in [-0.39, 0.29) is 0 Å². The van der Waals surface area contributed by atoms with Crippen LogP contribution in [-0.2, 0) is 6.42 Å². The Bertz CT molecular complexity index is 777. The maximum atomic E-state index is 5.78. The van der Waals surface area contributed by atoms with Crippen molar-refractivity contribution in [1.82, 2.24) is 4.98 Å². The molecule has 0 aliphatic carbocycles. The van der Waals surface area contributed by atoms with Crippen molar-refractivity contribution in [3.05, 3.63) is 57.3 Å². The van der Waals surface area contributed by atoms with Gasteiger partial charge in [0.1, 0.15) is 0 Å². The molecule has 1 heterocycles. The highest BCUT2D eigenvalue weighted by Gasteiger charge is 2.06. The van der Waals surface area contributed by atoms with Gasteiger partial charge in [0.15, 0.2) is 0 Å². The molecule has 1 aromatic heterocycles. The second kappa shape index (κ2) is 5.97. The lowest BCUT2D eigenvalue weighted by atomic mass is 10.1. The molecule has 0 bridgehead atoms. The van der Waals surface area contributed by atoms with Crippen LogP contribution in [0.25, 0.3) is 10.9 Å². The normalized spacial score (nSPS) is 11.0. The van der Waals surface area contributed by atoms with Crippen LogP contribution in [0.4, 0.5) is 11.4 Å². The summed E-state index contributed by atoms with van der Waals surface area (Å²) in [6, 6.07) is 12.4. The van der Waals surface area contributed by atoms with Crippen molar-refractivity contribution in [1.29, 1.82) is 0 Å². The van der Waals surface area contributed by atoms with Crippen LogP contribution in [0.2, 0.25) is 0 Å². The molecule has 4 heteroatoms. The zero-order valence-electron chi connectivity index (χ0n) is 11.9. The van der Waals surface area contributed by atoms with Crippen molar-refractivity contribution in [2.45, 2.75) is 13.3 Å². The molecule has 0 aliphatic rings. The molecule has 0 radical (unpaired) electrons. The molecular formula is C17H18IN3. The van der Waals surface area contributed by atoms with Crippen LogP contribution in [0.3, 0.4) is 0 Å². The molecular weight excluding hydrogens is 373 g/mol. The average Bonchev–Trinajstić information content (AvgIpc) is 2.86. The Balaban J connectivity index is 1.71. The number of hydrogen-bond donors (Lipinski definition) is 3. The highest BCUT2D eigenvalue weighted by molar-refractivity contribution is 14.1. The number of hydrogen-bond acceptors (Lipinski definition) is 2. The van der Waals surface area contributed by atoms with E-state index in [9.17, 15) is 0 Å². The van der Waals surface area contributed by atoms with E-state index in [1.165, 1.54) is 25.6 Å². The number of aryl methyl sites for hydroxylation is 1. The Morgan fingerprint density at radius 2 is 2.10 bits per heavy atom. The molecule has 0 atom stereocenters. The highest BCUT2D eigenvalue weighted by atomic mass is 127. The van der Waals surface area contributed by atoms with Gasteiger partial charge in [-0.2, -0.15) is 0 Å². The third-order valence-electron chi connectivity index (χ3n) is 3.71. The summed E-state index contributed by atoms with van der Waals surface area (Å²) in [5, 5.41) is 4.80. The fraction of sp³-hybridized carbons (Fsp3) is 0.176. The van der Waals surface area contributed by atoms with Crippen molar-refractivity contribution in [2.75, 3.05) is 17.6 Å². The zero-order valence-corrected chi connectivity index (χ0v) is 14.1. The van der Waals surface area contributed by atoms with Crippen molar-refractivity contribution in [3.63, 3.8) is 0 Å². The number of nitrogens with two attached hydrogens (primary N) is 1. The molecule has 3 rings (SSSR count). The first-order valence-electron chi connectivity index (χ1n) is 6.99. The van der Waals surface area contributed by atoms with Crippen LogP contribution in [0.5, 0.6) is 0 Å². The van der Waals surface area contributed by atoms with Gasteiger partial charge in [0.05, 0.1) is 5.52 Å². The summed E-state index contributed by atoms with van der Waals surface area (Å²) in [6.45, 7) is 2.98. The summed E-state index contributed by atoms with van der Waals surface area (Å²) < 4.78 is 1.26. The standard InChI is InChI=1S/C17H18IN3/c1-11-9-13(19)5-6-16(11)20-8-7-12-10-21-17-14(12)3-2-4-15(17)18/h2-6,9-10,20-21H,7-8,19H2,1H3. The van der Waals surface area contributed by atoms with Gasteiger partial charge in [-0.1, -0.05) is 12.1 Å². The lowest BCUT2D eigenvalue weighted by Crippen LogP contribution is -2.06. The van der Waals surface area contributed by atoms with Gasteiger partial charge in [0.2, 0.25) is 0 Å². The smallest absolute Gasteiger partial charge is 0.0592 e. The number of nitrogen functional groups attached to an aromatic ring is 1. The molecule has 0 fully saturated rings. The van der Waals surface area contributed by atoms with E-state index in [1.54, 1.807) is 0 Å². The van der Waals surface area contributed by atoms with Gasteiger partial charge in [-0.15, -0.1) is 0 Å². The molecule has 0 spiro atoms. The number of halogens is 1. The summed E-state index contributed by atoms with van der Waals surface area (Å²) in [7, 11) is 0. The first-order chi connectivity index (χ1) is 10.1. The molecule has 0 aliphatic heterocycles. The molecule has 108 valence electrons. The minimum absolute atomic E-state index is 0.809. The third-order valence-corrected chi connectivity index (χ3v) is 4.61. The Morgan fingerprint density at radius 1 is 1.24 bits per heavy atom. The lowest BCUT2D eigenvalue weighted by Gasteiger charge is -2.09. The third kappa shape index (κ3) is 3.00. The summed E-state index contributed by atoms with van der Waals surface area (Å²) in [6.07, 6.45) is 3.11. The number of nitrogens with one attached hydrogen (secondary N) is 2. The summed E-state index contributed by atoms with van der Waals surface area (Å²) >= 11 is 2.37. The fourth-order valence-corrected chi connectivity index (χ4v) is 3.25. The molecule has 3 aromatic rings. The second-order valence-corrected chi connectivity index (χ2v) is 6.39. The van der Waals surface area contributed by atoms with Crippen LogP contribution in [-0.4, -0.2) is 11.5 Å². The van der Waals surface area contributed by atoms with E-state index in [1.807, 2.05) is 18.2 Å². The Labute approximate surface area is 138 Å². The van der Waals surface area contributed by atoms with E-state index in [4.69, 9.17) is 5.73 Å². The number of anilines is 2. The van der Waals surface area contributed by atoms with E-state index in [0.29, 0.717) is 0 Å². The minimum Gasteiger partial charge on any atom is -0.399 e. The molecule has 0 saturated heterocycles. The minimum atomic E-state index is 0.809. The number of para-hydroxylation sites is 1.